The van der Waals surface area contributed by atoms with Crippen LogP contribution in [0.15, 0.2) is 0 Å². The monoisotopic (exact) mass is 303 g/mol. The molecule has 1 atom stereocenters. The van der Waals surface area contributed by atoms with Crippen LogP contribution in [0.25, 0.3) is 0 Å². The molecule has 1 unspecified atom stereocenters. The number of ether oxygens (including phenoxy) is 3. The first-order valence-electron chi connectivity index (χ1n) is 6.26. The van der Waals surface area contributed by atoms with Crippen molar-refractivity contribution in [2.45, 2.75) is 32.3 Å². The summed E-state index contributed by atoms with van der Waals surface area (Å²) in [6, 6.07) is 0. The van der Waals surface area contributed by atoms with E-state index in [-0.39, 0.29) is 32.7 Å². The summed E-state index contributed by atoms with van der Waals surface area (Å²) in [6.45, 7) is 1.12. The second-order valence-corrected chi connectivity index (χ2v) is 4.30. The van der Waals surface area contributed by atoms with E-state index in [2.05, 4.69) is 9.57 Å². The van der Waals surface area contributed by atoms with Crippen molar-refractivity contribution in [3.8, 4) is 0 Å². The molecule has 0 aliphatic carbocycles. The molecule has 9 nitrogen and oxygen atoms in total. The maximum absolute atomic E-state index is 11.5. The Morgan fingerprint density at radius 3 is 2.38 bits per heavy atom. The summed E-state index contributed by atoms with van der Waals surface area (Å²) in [5, 5.41) is 0.443. The average molecular weight is 303 g/mol. The van der Waals surface area contributed by atoms with Crippen LogP contribution >= 0.6 is 0 Å². The van der Waals surface area contributed by atoms with Crippen LogP contribution in [-0.2, 0) is 38.2 Å². The highest BCUT2D eigenvalue weighted by Gasteiger charge is 2.33. The summed E-state index contributed by atoms with van der Waals surface area (Å²) in [5.41, 5.74) is 0. The summed E-state index contributed by atoms with van der Waals surface area (Å²) in [6.07, 6.45) is -1.02. The lowest BCUT2D eigenvalue weighted by Crippen LogP contribution is -2.33. The fourth-order valence-corrected chi connectivity index (χ4v) is 1.54. The normalized spacial score (nSPS) is 16.0. The highest BCUT2D eigenvalue weighted by atomic mass is 16.7. The molecule has 21 heavy (non-hydrogen) atoms. The molecule has 0 aromatic rings. The SMILES string of the molecule is COCOCC(=O)OC(C)CC(=O)ON1C(=O)CCC1=O. The van der Waals surface area contributed by atoms with Gasteiger partial charge in [0.1, 0.15) is 19.5 Å². The molecule has 0 aromatic carbocycles. The van der Waals surface area contributed by atoms with Crippen molar-refractivity contribution in [2.24, 2.45) is 0 Å². The third-order valence-electron chi connectivity index (χ3n) is 2.41. The Labute approximate surface area is 121 Å². The molecule has 0 radical (unpaired) electrons. The van der Waals surface area contributed by atoms with Gasteiger partial charge in [-0.05, 0) is 6.92 Å². The van der Waals surface area contributed by atoms with Crippen molar-refractivity contribution in [3.05, 3.63) is 0 Å². The van der Waals surface area contributed by atoms with Gasteiger partial charge in [0.15, 0.2) is 0 Å². The lowest BCUT2D eigenvalue weighted by molar-refractivity contribution is -0.199. The van der Waals surface area contributed by atoms with Crippen molar-refractivity contribution in [3.63, 3.8) is 0 Å². The van der Waals surface area contributed by atoms with Crippen molar-refractivity contribution < 1.29 is 38.2 Å². The highest BCUT2D eigenvalue weighted by molar-refractivity contribution is 6.01. The number of methoxy groups -OCH3 is 1. The largest absolute Gasteiger partial charge is 0.460 e. The second-order valence-electron chi connectivity index (χ2n) is 4.30. The molecule has 1 rings (SSSR count). The molecule has 0 saturated carbocycles. The number of rotatable bonds is 8. The van der Waals surface area contributed by atoms with E-state index in [1.54, 1.807) is 0 Å². The summed E-state index contributed by atoms with van der Waals surface area (Å²) < 4.78 is 14.2. The molecule has 1 saturated heterocycles. The van der Waals surface area contributed by atoms with Crippen LogP contribution in [0.3, 0.4) is 0 Å². The molecule has 1 aliphatic heterocycles. The molecule has 0 aromatic heterocycles. The number of amides is 2. The van der Waals surface area contributed by atoms with E-state index in [1.807, 2.05) is 0 Å². The number of hydrogen-bond acceptors (Lipinski definition) is 8. The van der Waals surface area contributed by atoms with E-state index in [0.29, 0.717) is 5.06 Å². The van der Waals surface area contributed by atoms with E-state index < -0.39 is 29.9 Å². The molecule has 1 heterocycles. The first-order valence-corrected chi connectivity index (χ1v) is 6.26. The lowest BCUT2D eigenvalue weighted by atomic mass is 10.3. The van der Waals surface area contributed by atoms with E-state index in [0.717, 1.165) is 0 Å². The van der Waals surface area contributed by atoms with Crippen molar-refractivity contribution in [1.29, 1.82) is 0 Å². The molecule has 0 bridgehead atoms. The van der Waals surface area contributed by atoms with Crippen molar-refractivity contribution in [1.82, 2.24) is 5.06 Å². The molecule has 118 valence electrons. The minimum atomic E-state index is -0.836. The van der Waals surface area contributed by atoms with Crippen LogP contribution in [0.1, 0.15) is 26.2 Å². The van der Waals surface area contributed by atoms with Crippen LogP contribution in [-0.4, -0.2) is 55.4 Å². The number of nitrogens with zero attached hydrogens (tertiary/aromatic N) is 1. The number of carbonyl (C=O) groups is 4. The first-order chi connectivity index (χ1) is 9.93. The van der Waals surface area contributed by atoms with E-state index in [9.17, 15) is 19.2 Å². The molecular formula is C12H17NO8. The van der Waals surface area contributed by atoms with E-state index in [4.69, 9.17) is 9.47 Å². The van der Waals surface area contributed by atoms with Gasteiger partial charge in [-0.25, -0.2) is 9.59 Å². The zero-order chi connectivity index (χ0) is 15.8. The summed E-state index contributed by atoms with van der Waals surface area (Å²) >= 11 is 0. The molecule has 9 heteroatoms. The van der Waals surface area contributed by atoms with Gasteiger partial charge < -0.3 is 19.0 Å². The number of carbonyl (C=O) groups excluding carboxylic acids is 4. The van der Waals surface area contributed by atoms with Gasteiger partial charge >= 0.3 is 11.9 Å². The maximum Gasteiger partial charge on any atom is 0.336 e. The highest BCUT2D eigenvalue weighted by Crippen LogP contribution is 2.13. The quantitative estimate of drug-likeness (QED) is 0.256. The summed E-state index contributed by atoms with van der Waals surface area (Å²) in [4.78, 5) is 49.9. The lowest BCUT2D eigenvalue weighted by Gasteiger charge is -2.15. The van der Waals surface area contributed by atoms with Crippen molar-refractivity contribution >= 4 is 23.8 Å². The Kier molecular flexibility index (Phi) is 6.76. The van der Waals surface area contributed by atoms with Crippen LogP contribution in [0.4, 0.5) is 0 Å². The number of hydroxylamine groups is 2. The van der Waals surface area contributed by atoms with E-state index >= 15 is 0 Å². The Morgan fingerprint density at radius 2 is 1.81 bits per heavy atom. The third kappa shape index (κ3) is 5.88. The molecule has 0 spiro atoms. The molecule has 1 aliphatic rings. The number of esters is 1. The topological polar surface area (TPSA) is 108 Å². The van der Waals surface area contributed by atoms with Gasteiger partial charge in [-0.1, -0.05) is 0 Å². The zero-order valence-electron chi connectivity index (χ0n) is 11.8. The molecule has 2 amide bonds. The van der Waals surface area contributed by atoms with Gasteiger partial charge in [0, 0.05) is 20.0 Å². The predicted molar refractivity (Wildman–Crippen MR) is 65.2 cm³/mol. The smallest absolute Gasteiger partial charge is 0.336 e. The fourth-order valence-electron chi connectivity index (χ4n) is 1.54. The molecular weight excluding hydrogens is 286 g/mol. The van der Waals surface area contributed by atoms with Gasteiger partial charge in [0.05, 0.1) is 6.42 Å². The number of hydrogen-bond donors (Lipinski definition) is 0. The third-order valence-corrected chi connectivity index (χ3v) is 2.41. The van der Waals surface area contributed by atoms with Gasteiger partial charge in [0.2, 0.25) is 0 Å². The Morgan fingerprint density at radius 1 is 1.19 bits per heavy atom. The first kappa shape index (κ1) is 17.1. The summed E-state index contributed by atoms with van der Waals surface area (Å²) in [5.74, 6) is -2.63. The molecule has 1 fully saturated rings. The van der Waals surface area contributed by atoms with Crippen LogP contribution in [0.5, 0.6) is 0 Å². The van der Waals surface area contributed by atoms with Gasteiger partial charge in [0.25, 0.3) is 11.8 Å². The number of imide groups is 1. The van der Waals surface area contributed by atoms with Crippen LogP contribution in [0.2, 0.25) is 0 Å². The maximum atomic E-state index is 11.5. The van der Waals surface area contributed by atoms with Gasteiger partial charge in [-0.2, -0.15) is 0 Å². The van der Waals surface area contributed by atoms with Crippen LogP contribution in [0, 0.1) is 0 Å². The second kappa shape index (κ2) is 8.32. The minimum Gasteiger partial charge on any atom is -0.460 e. The standard InChI is InChI=1S/C12H17NO8/c1-8(20-12(17)6-19-7-18-2)5-11(16)21-13-9(14)3-4-10(13)15/h8H,3-7H2,1-2H3. The Hall–Kier alpha value is -2.00. The fraction of sp³-hybridized carbons (Fsp3) is 0.667. The van der Waals surface area contributed by atoms with Gasteiger partial charge in [-0.3, -0.25) is 9.59 Å². The minimum absolute atomic E-state index is 0.0213. The Balaban J connectivity index is 2.28. The van der Waals surface area contributed by atoms with Crippen LogP contribution < -0.4 is 0 Å². The molecule has 0 N–H and O–H groups in total. The predicted octanol–water partition coefficient (Wildman–Crippen LogP) is -0.464. The van der Waals surface area contributed by atoms with Crippen molar-refractivity contribution in [2.75, 3.05) is 20.5 Å². The van der Waals surface area contributed by atoms with E-state index in [1.165, 1.54) is 14.0 Å². The summed E-state index contributed by atoms with van der Waals surface area (Å²) in [7, 11) is 1.41. The average Bonchev–Trinajstić information content (AvgIpc) is 2.70. The Bertz CT molecular complexity index is 405. The zero-order valence-corrected chi connectivity index (χ0v) is 11.8. The van der Waals surface area contributed by atoms with Gasteiger partial charge in [-0.15, -0.1) is 5.06 Å².